The zero-order chi connectivity index (χ0) is 16.0. The summed E-state index contributed by atoms with van der Waals surface area (Å²) in [6, 6.07) is 5.92. The summed E-state index contributed by atoms with van der Waals surface area (Å²) in [6.45, 7) is 14.5. The van der Waals surface area contributed by atoms with Crippen LogP contribution in [-0.4, -0.2) is 19.0 Å². The summed E-state index contributed by atoms with van der Waals surface area (Å²) >= 11 is 0. The fraction of sp³-hybridized carbons (Fsp3) is 0.611. The summed E-state index contributed by atoms with van der Waals surface area (Å²) in [6.07, 6.45) is 1.09. The molecule has 0 aromatic heterocycles. The van der Waals surface area contributed by atoms with Gasteiger partial charge in [0, 0.05) is 24.3 Å². The Morgan fingerprint density at radius 3 is 2.48 bits per heavy atom. The van der Waals surface area contributed by atoms with E-state index < -0.39 is 0 Å². The van der Waals surface area contributed by atoms with E-state index in [1.807, 2.05) is 25.1 Å². The summed E-state index contributed by atoms with van der Waals surface area (Å²) in [5, 5.41) is 6.39. The molecule has 1 aromatic rings. The lowest BCUT2D eigenvalue weighted by Gasteiger charge is -2.27. The molecule has 0 heterocycles. The second kappa shape index (κ2) is 7.48. The minimum atomic E-state index is 0.0191. The molecule has 0 spiro atoms. The average Bonchev–Trinajstić information content (AvgIpc) is 2.41. The van der Waals surface area contributed by atoms with Crippen LogP contribution in [0.4, 0.5) is 5.69 Å². The van der Waals surface area contributed by atoms with Crippen LogP contribution in [-0.2, 0) is 0 Å². The highest BCUT2D eigenvalue weighted by Crippen LogP contribution is 2.24. The molecule has 0 saturated heterocycles. The van der Waals surface area contributed by atoms with Crippen molar-refractivity contribution < 1.29 is 4.79 Å². The highest BCUT2D eigenvalue weighted by Gasteiger charge is 2.20. The van der Waals surface area contributed by atoms with E-state index in [1.165, 1.54) is 0 Å². The Balaban J connectivity index is 2.66. The minimum absolute atomic E-state index is 0.0191. The second-order valence-electron chi connectivity index (χ2n) is 6.93. The maximum Gasteiger partial charge on any atom is 0.251 e. The van der Waals surface area contributed by atoms with Crippen molar-refractivity contribution in [1.82, 2.24) is 5.32 Å². The van der Waals surface area contributed by atoms with Crippen molar-refractivity contribution in [2.45, 2.75) is 48.0 Å². The molecular weight excluding hydrogens is 260 g/mol. The topological polar surface area (TPSA) is 41.1 Å². The van der Waals surface area contributed by atoms with Crippen LogP contribution in [0.15, 0.2) is 18.2 Å². The standard InChI is InChI=1S/C18H30N2O/c1-7-10-19-15-8-9-16(13(2)11-15)17(21)20-12-14(3)18(4,5)6/h8-9,11,14,19H,7,10,12H2,1-6H3,(H,20,21). The van der Waals surface area contributed by atoms with Crippen LogP contribution < -0.4 is 10.6 Å². The molecule has 21 heavy (non-hydrogen) atoms. The predicted octanol–water partition coefficient (Wildman–Crippen LogP) is 4.23. The molecule has 0 aliphatic carbocycles. The van der Waals surface area contributed by atoms with Gasteiger partial charge in [-0.2, -0.15) is 0 Å². The number of hydrogen-bond acceptors (Lipinski definition) is 2. The van der Waals surface area contributed by atoms with Gasteiger partial charge in [0.05, 0.1) is 0 Å². The molecule has 0 saturated carbocycles. The van der Waals surface area contributed by atoms with Gasteiger partial charge in [-0.25, -0.2) is 0 Å². The number of benzene rings is 1. The number of carbonyl (C=O) groups is 1. The summed E-state index contributed by atoms with van der Waals surface area (Å²) in [7, 11) is 0. The normalized spacial score (nSPS) is 12.9. The number of nitrogens with one attached hydrogen (secondary N) is 2. The van der Waals surface area contributed by atoms with E-state index in [0.717, 1.165) is 29.8 Å². The van der Waals surface area contributed by atoms with Crippen molar-refractivity contribution in [3.05, 3.63) is 29.3 Å². The van der Waals surface area contributed by atoms with Crippen molar-refractivity contribution in [3.63, 3.8) is 0 Å². The number of carbonyl (C=O) groups excluding carboxylic acids is 1. The lowest BCUT2D eigenvalue weighted by atomic mass is 9.82. The fourth-order valence-corrected chi connectivity index (χ4v) is 1.94. The smallest absolute Gasteiger partial charge is 0.251 e. The molecular formula is C18H30N2O. The molecule has 1 aromatic carbocycles. The third-order valence-corrected chi connectivity index (χ3v) is 4.10. The first kappa shape index (κ1) is 17.5. The summed E-state index contributed by atoms with van der Waals surface area (Å²) in [5.74, 6) is 0.456. The highest BCUT2D eigenvalue weighted by molar-refractivity contribution is 5.96. The Bertz CT molecular complexity index is 475. The number of anilines is 1. The van der Waals surface area contributed by atoms with Gasteiger partial charge in [-0.1, -0.05) is 34.6 Å². The van der Waals surface area contributed by atoms with E-state index in [9.17, 15) is 4.79 Å². The second-order valence-corrected chi connectivity index (χ2v) is 6.93. The van der Waals surface area contributed by atoms with Crippen LogP contribution in [0.25, 0.3) is 0 Å². The van der Waals surface area contributed by atoms with Crippen molar-refractivity contribution in [3.8, 4) is 0 Å². The van der Waals surface area contributed by atoms with E-state index in [-0.39, 0.29) is 11.3 Å². The molecule has 1 atom stereocenters. The van der Waals surface area contributed by atoms with E-state index in [0.29, 0.717) is 12.5 Å². The molecule has 3 nitrogen and oxygen atoms in total. The van der Waals surface area contributed by atoms with Gasteiger partial charge in [0.15, 0.2) is 0 Å². The first-order chi connectivity index (χ1) is 9.75. The monoisotopic (exact) mass is 290 g/mol. The molecule has 1 amide bonds. The number of aryl methyl sites for hydroxylation is 1. The number of rotatable bonds is 6. The molecule has 0 aliphatic heterocycles. The van der Waals surface area contributed by atoms with Crippen molar-refractivity contribution in [2.24, 2.45) is 11.3 Å². The third kappa shape index (κ3) is 5.41. The van der Waals surface area contributed by atoms with Crippen molar-refractivity contribution in [2.75, 3.05) is 18.4 Å². The molecule has 3 heteroatoms. The maximum atomic E-state index is 12.3. The fourth-order valence-electron chi connectivity index (χ4n) is 1.94. The van der Waals surface area contributed by atoms with E-state index in [1.54, 1.807) is 0 Å². The minimum Gasteiger partial charge on any atom is -0.385 e. The highest BCUT2D eigenvalue weighted by atomic mass is 16.1. The van der Waals surface area contributed by atoms with Gasteiger partial charge in [-0.15, -0.1) is 0 Å². The first-order valence-corrected chi connectivity index (χ1v) is 7.88. The van der Waals surface area contributed by atoms with Gasteiger partial charge < -0.3 is 10.6 Å². The predicted molar refractivity (Wildman–Crippen MR) is 90.9 cm³/mol. The molecule has 0 aliphatic rings. The van der Waals surface area contributed by atoms with Crippen LogP contribution in [0, 0.1) is 18.3 Å². The van der Waals surface area contributed by atoms with Gasteiger partial charge in [0.2, 0.25) is 0 Å². The summed E-state index contributed by atoms with van der Waals surface area (Å²) in [5.41, 5.74) is 3.06. The van der Waals surface area contributed by atoms with Crippen LogP contribution in [0.1, 0.15) is 57.0 Å². The zero-order valence-electron chi connectivity index (χ0n) is 14.3. The quantitative estimate of drug-likeness (QED) is 0.823. The van der Waals surface area contributed by atoms with E-state index in [4.69, 9.17) is 0 Å². The Morgan fingerprint density at radius 1 is 1.29 bits per heavy atom. The largest absolute Gasteiger partial charge is 0.385 e. The molecule has 0 bridgehead atoms. The molecule has 0 radical (unpaired) electrons. The lowest BCUT2D eigenvalue weighted by molar-refractivity contribution is 0.0936. The SMILES string of the molecule is CCCNc1ccc(C(=O)NCC(C)C(C)(C)C)c(C)c1. The number of hydrogen-bond donors (Lipinski definition) is 2. The van der Waals surface area contributed by atoms with Crippen LogP contribution in [0.2, 0.25) is 0 Å². The van der Waals surface area contributed by atoms with Crippen molar-refractivity contribution >= 4 is 11.6 Å². The van der Waals surface area contributed by atoms with Gasteiger partial charge >= 0.3 is 0 Å². The van der Waals surface area contributed by atoms with Gasteiger partial charge in [-0.05, 0) is 48.4 Å². The van der Waals surface area contributed by atoms with E-state index in [2.05, 4.69) is 45.3 Å². The van der Waals surface area contributed by atoms with E-state index >= 15 is 0 Å². The first-order valence-electron chi connectivity index (χ1n) is 7.88. The van der Waals surface area contributed by atoms with Crippen LogP contribution in [0.5, 0.6) is 0 Å². The molecule has 1 rings (SSSR count). The van der Waals surface area contributed by atoms with Gasteiger partial charge in [-0.3, -0.25) is 4.79 Å². The summed E-state index contributed by atoms with van der Waals surface area (Å²) in [4.78, 5) is 12.3. The Labute approximate surface area is 129 Å². The molecule has 1 unspecified atom stereocenters. The maximum absolute atomic E-state index is 12.3. The zero-order valence-corrected chi connectivity index (χ0v) is 14.3. The van der Waals surface area contributed by atoms with Gasteiger partial charge in [0.25, 0.3) is 5.91 Å². The molecule has 118 valence electrons. The average molecular weight is 290 g/mol. The van der Waals surface area contributed by atoms with Crippen LogP contribution >= 0.6 is 0 Å². The lowest BCUT2D eigenvalue weighted by Crippen LogP contribution is -2.34. The Hall–Kier alpha value is -1.51. The molecule has 0 fully saturated rings. The Morgan fingerprint density at radius 2 is 1.95 bits per heavy atom. The number of amides is 1. The van der Waals surface area contributed by atoms with Crippen LogP contribution in [0.3, 0.4) is 0 Å². The van der Waals surface area contributed by atoms with Gasteiger partial charge in [0.1, 0.15) is 0 Å². The van der Waals surface area contributed by atoms with Crippen molar-refractivity contribution in [1.29, 1.82) is 0 Å². The third-order valence-electron chi connectivity index (χ3n) is 4.10. The molecule has 2 N–H and O–H groups in total. The Kier molecular flexibility index (Phi) is 6.25. The summed E-state index contributed by atoms with van der Waals surface area (Å²) < 4.78 is 0.